The quantitative estimate of drug-likeness (QED) is 0.924. The van der Waals surface area contributed by atoms with E-state index in [9.17, 15) is 4.79 Å². The van der Waals surface area contributed by atoms with Crippen molar-refractivity contribution in [3.05, 3.63) is 65.2 Å². The Bertz CT molecular complexity index is 719. The van der Waals surface area contributed by atoms with E-state index >= 15 is 0 Å². The number of carbonyl (C=O) groups excluding carboxylic acids is 1. The van der Waals surface area contributed by atoms with Gasteiger partial charge in [-0.25, -0.2) is 4.79 Å². The van der Waals surface area contributed by atoms with Gasteiger partial charge in [0.25, 0.3) is 0 Å². The maximum atomic E-state index is 12.4. The lowest BCUT2D eigenvalue weighted by Crippen LogP contribution is -2.54. The molecule has 2 saturated heterocycles. The van der Waals surface area contributed by atoms with Crippen LogP contribution >= 0.6 is 11.6 Å². The third-order valence-electron chi connectivity index (χ3n) is 4.96. The number of hydrogen-bond acceptors (Lipinski definition) is 2. The van der Waals surface area contributed by atoms with Gasteiger partial charge in [0.1, 0.15) is 0 Å². The number of rotatable bonds is 3. The van der Waals surface area contributed by atoms with Crippen molar-refractivity contribution in [3.8, 4) is 0 Å². The van der Waals surface area contributed by atoms with Crippen LogP contribution < -0.4 is 5.32 Å². The predicted octanol–water partition coefficient (Wildman–Crippen LogP) is 3.69. The first kappa shape index (κ1) is 15.5. The molecule has 2 aromatic carbocycles. The Balaban J connectivity index is 1.33. The Kier molecular flexibility index (Phi) is 4.17. The third kappa shape index (κ3) is 3.12. The molecule has 2 aromatic rings. The van der Waals surface area contributed by atoms with Crippen LogP contribution in [0.4, 0.5) is 10.5 Å². The van der Waals surface area contributed by atoms with Crippen molar-refractivity contribution >= 4 is 23.3 Å². The van der Waals surface area contributed by atoms with Crippen LogP contribution in [-0.4, -0.2) is 41.5 Å². The molecule has 0 unspecified atom stereocenters. The summed E-state index contributed by atoms with van der Waals surface area (Å²) in [7, 11) is 0. The average molecular weight is 342 g/mol. The molecule has 2 heterocycles. The van der Waals surface area contributed by atoms with Gasteiger partial charge in [0.2, 0.25) is 0 Å². The van der Waals surface area contributed by atoms with Crippen molar-refractivity contribution in [2.24, 2.45) is 5.92 Å². The molecule has 2 atom stereocenters. The Hall–Kier alpha value is -2.04. The van der Waals surface area contributed by atoms with Crippen LogP contribution in [0.3, 0.4) is 0 Å². The minimum Gasteiger partial charge on any atom is -0.323 e. The molecule has 5 heteroatoms. The fourth-order valence-electron chi connectivity index (χ4n) is 3.64. The molecule has 0 aromatic heterocycles. The molecule has 4 nitrogen and oxygen atoms in total. The molecule has 0 aliphatic carbocycles. The van der Waals surface area contributed by atoms with Gasteiger partial charge in [0.15, 0.2) is 0 Å². The lowest BCUT2D eigenvalue weighted by atomic mass is 9.91. The van der Waals surface area contributed by atoms with Crippen LogP contribution in [0.2, 0.25) is 5.02 Å². The minimum atomic E-state index is 0.00189. The number of amides is 2. The fraction of sp³-hybridized carbons (Fsp3) is 0.316. The van der Waals surface area contributed by atoms with Crippen molar-refractivity contribution in [2.75, 3.05) is 25.0 Å². The molecule has 4 rings (SSSR count). The number of nitrogens with one attached hydrogen (secondary N) is 1. The molecule has 1 N–H and O–H groups in total. The summed E-state index contributed by atoms with van der Waals surface area (Å²) in [6, 6.07) is 18.1. The van der Waals surface area contributed by atoms with Crippen molar-refractivity contribution in [3.63, 3.8) is 0 Å². The zero-order valence-electron chi connectivity index (χ0n) is 13.4. The summed E-state index contributed by atoms with van der Waals surface area (Å²) in [5, 5.41) is 3.75. The van der Waals surface area contributed by atoms with E-state index < -0.39 is 0 Å². The van der Waals surface area contributed by atoms with E-state index in [1.165, 1.54) is 5.56 Å². The van der Waals surface area contributed by atoms with Gasteiger partial charge >= 0.3 is 6.03 Å². The fourth-order valence-corrected chi connectivity index (χ4v) is 3.77. The second-order valence-electron chi connectivity index (χ2n) is 6.58. The number of anilines is 1. The largest absolute Gasteiger partial charge is 0.323 e. The zero-order valence-corrected chi connectivity index (χ0v) is 14.1. The minimum absolute atomic E-state index is 0.00189. The zero-order chi connectivity index (χ0) is 16.5. The maximum Gasteiger partial charge on any atom is 0.321 e. The summed E-state index contributed by atoms with van der Waals surface area (Å²) >= 11 is 5.94. The van der Waals surface area contributed by atoms with Crippen molar-refractivity contribution in [2.45, 2.75) is 12.6 Å². The Morgan fingerprint density at radius 2 is 1.79 bits per heavy atom. The standard InChI is InChI=1S/C19H20ClN3O/c20-16-8-6-14(7-9-16)10-22-11-15-12-23(13-18(15)22)19(24)21-17-4-2-1-3-5-17/h1-9,15,18H,10-13H2,(H,21,24)/t15-,18-/m1/s1. The molecular formula is C19H20ClN3O. The van der Waals surface area contributed by atoms with Crippen LogP contribution in [0, 0.1) is 5.92 Å². The smallest absolute Gasteiger partial charge is 0.321 e. The number of carbonyl (C=O) groups is 1. The molecule has 0 bridgehead atoms. The highest BCUT2D eigenvalue weighted by molar-refractivity contribution is 6.30. The molecule has 0 saturated carbocycles. The molecule has 2 aliphatic rings. The second kappa shape index (κ2) is 6.46. The molecular weight excluding hydrogens is 322 g/mol. The number of nitrogens with zero attached hydrogens (tertiary/aromatic N) is 2. The number of halogens is 1. The normalized spacial score (nSPS) is 22.8. The van der Waals surface area contributed by atoms with Gasteiger partial charge in [-0.05, 0) is 29.8 Å². The van der Waals surface area contributed by atoms with Gasteiger partial charge in [-0.15, -0.1) is 0 Å². The van der Waals surface area contributed by atoms with E-state index in [0.29, 0.717) is 12.0 Å². The second-order valence-corrected chi connectivity index (χ2v) is 7.02. The van der Waals surface area contributed by atoms with Crippen LogP contribution in [0.5, 0.6) is 0 Å². The van der Waals surface area contributed by atoms with Gasteiger partial charge in [-0.3, -0.25) is 4.90 Å². The Morgan fingerprint density at radius 3 is 2.54 bits per heavy atom. The Morgan fingerprint density at radius 1 is 1.04 bits per heavy atom. The monoisotopic (exact) mass is 341 g/mol. The topological polar surface area (TPSA) is 35.6 Å². The first-order valence-corrected chi connectivity index (χ1v) is 8.66. The summed E-state index contributed by atoms with van der Waals surface area (Å²) in [5.41, 5.74) is 2.12. The highest BCUT2D eigenvalue weighted by Crippen LogP contribution is 2.33. The van der Waals surface area contributed by atoms with E-state index in [2.05, 4.69) is 22.3 Å². The molecule has 2 amide bonds. The molecule has 0 radical (unpaired) electrons. The van der Waals surface area contributed by atoms with Crippen LogP contribution in [-0.2, 0) is 6.54 Å². The maximum absolute atomic E-state index is 12.4. The van der Waals surface area contributed by atoms with Crippen molar-refractivity contribution in [1.82, 2.24) is 9.80 Å². The number of para-hydroxylation sites is 1. The highest BCUT2D eigenvalue weighted by atomic mass is 35.5. The van der Waals surface area contributed by atoms with Gasteiger partial charge in [-0.2, -0.15) is 0 Å². The molecule has 2 aliphatic heterocycles. The first-order valence-electron chi connectivity index (χ1n) is 8.28. The van der Waals surface area contributed by atoms with Gasteiger partial charge < -0.3 is 10.2 Å². The van der Waals surface area contributed by atoms with Crippen LogP contribution in [0.15, 0.2) is 54.6 Å². The number of fused-ring (bicyclic) bond motifs is 1. The van der Waals surface area contributed by atoms with E-state index in [4.69, 9.17) is 11.6 Å². The average Bonchev–Trinajstić information content (AvgIpc) is 2.93. The summed E-state index contributed by atoms with van der Waals surface area (Å²) in [5.74, 6) is 0.596. The third-order valence-corrected chi connectivity index (χ3v) is 5.21. The van der Waals surface area contributed by atoms with Gasteiger partial charge in [-0.1, -0.05) is 41.9 Å². The lowest BCUT2D eigenvalue weighted by molar-refractivity contribution is 0.0435. The van der Waals surface area contributed by atoms with E-state index in [0.717, 1.165) is 36.9 Å². The van der Waals surface area contributed by atoms with Crippen LogP contribution in [0.1, 0.15) is 5.56 Å². The van der Waals surface area contributed by atoms with E-state index in [1.54, 1.807) is 0 Å². The van der Waals surface area contributed by atoms with Crippen LogP contribution in [0.25, 0.3) is 0 Å². The highest BCUT2D eigenvalue weighted by Gasteiger charge is 2.46. The molecule has 24 heavy (non-hydrogen) atoms. The number of benzene rings is 2. The summed E-state index contributed by atoms with van der Waals surface area (Å²) in [6.07, 6.45) is 0. The molecule has 0 spiro atoms. The Labute approximate surface area is 147 Å². The SMILES string of the molecule is O=C(Nc1ccccc1)N1C[C@H]2CN(Cc3ccc(Cl)cc3)[C@@H]2C1. The van der Waals surface area contributed by atoms with Gasteiger partial charge in [0.05, 0.1) is 0 Å². The first-order chi connectivity index (χ1) is 11.7. The molecule has 2 fully saturated rings. The van der Waals surface area contributed by atoms with Crippen molar-refractivity contribution in [1.29, 1.82) is 0 Å². The molecule has 124 valence electrons. The van der Waals surface area contributed by atoms with E-state index in [-0.39, 0.29) is 6.03 Å². The number of likely N-dealkylation sites (tertiary alicyclic amines) is 2. The summed E-state index contributed by atoms with van der Waals surface area (Å²) in [4.78, 5) is 16.8. The number of hydrogen-bond donors (Lipinski definition) is 1. The predicted molar refractivity (Wildman–Crippen MR) is 96.2 cm³/mol. The lowest BCUT2D eigenvalue weighted by Gasteiger charge is -2.43. The summed E-state index contributed by atoms with van der Waals surface area (Å²) < 4.78 is 0. The number of urea groups is 1. The summed E-state index contributed by atoms with van der Waals surface area (Å²) in [6.45, 7) is 3.63. The van der Waals surface area contributed by atoms with Crippen molar-refractivity contribution < 1.29 is 4.79 Å². The van der Waals surface area contributed by atoms with Gasteiger partial charge in [0, 0.05) is 48.8 Å². The van der Waals surface area contributed by atoms with E-state index in [1.807, 2.05) is 47.4 Å².